The molecule has 0 saturated heterocycles. The highest BCUT2D eigenvalue weighted by Crippen LogP contribution is 2.32. The lowest BCUT2D eigenvalue weighted by molar-refractivity contribution is -0.114. The second-order valence-corrected chi connectivity index (χ2v) is 6.51. The summed E-state index contributed by atoms with van der Waals surface area (Å²) in [5.41, 5.74) is 3.12. The van der Waals surface area contributed by atoms with Crippen LogP contribution < -0.4 is 10.6 Å². The molecule has 2 aromatic carbocycles. The SMILES string of the molecule is CC(=O)Nc1ccc(C(=O)Nc2nc(C)c(-c3ccccc3)s2)cc1. The van der Waals surface area contributed by atoms with Gasteiger partial charge in [-0.2, -0.15) is 0 Å². The minimum atomic E-state index is -0.234. The zero-order valence-electron chi connectivity index (χ0n) is 13.9. The van der Waals surface area contributed by atoms with Crippen molar-refractivity contribution in [3.8, 4) is 10.4 Å². The fraction of sp³-hybridized carbons (Fsp3) is 0.105. The van der Waals surface area contributed by atoms with Gasteiger partial charge in [0, 0.05) is 18.2 Å². The Bertz CT molecular complexity index is 902. The predicted octanol–water partition coefficient (Wildman–Crippen LogP) is 4.33. The zero-order chi connectivity index (χ0) is 17.8. The van der Waals surface area contributed by atoms with Crippen LogP contribution >= 0.6 is 11.3 Å². The number of carbonyl (C=O) groups excluding carboxylic acids is 2. The van der Waals surface area contributed by atoms with Gasteiger partial charge >= 0.3 is 0 Å². The first-order valence-electron chi connectivity index (χ1n) is 7.75. The summed E-state index contributed by atoms with van der Waals surface area (Å²) in [7, 11) is 0. The van der Waals surface area contributed by atoms with Gasteiger partial charge in [-0.15, -0.1) is 0 Å². The summed E-state index contributed by atoms with van der Waals surface area (Å²) in [6.07, 6.45) is 0. The van der Waals surface area contributed by atoms with Crippen molar-refractivity contribution in [2.24, 2.45) is 0 Å². The summed E-state index contributed by atoms with van der Waals surface area (Å²) < 4.78 is 0. The lowest BCUT2D eigenvalue weighted by Crippen LogP contribution is -2.12. The fourth-order valence-corrected chi connectivity index (χ4v) is 3.35. The molecule has 6 heteroatoms. The lowest BCUT2D eigenvalue weighted by Gasteiger charge is -2.04. The number of aryl methyl sites for hydroxylation is 1. The highest BCUT2D eigenvalue weighted by atomic mass is 32.1. The molecule has 5 nitrogen and oxygen atoms in total. The number of nitrogens with one attached hydrogen (secondary N) is 2. The van der Waals surface area contributed by atoms with Gasteiger partial charge in [-0.25, -0.2) is 4.98 Å². The van der Waals surface area contributed by atoms with Gasteiger partial charge < -0.3 is 5.32 Å². The van der Waals surface area contributed by atoms with Gasteiger partial charge in [0.25, 0.3) is 5.91 Å². The average molecular weight is 351 g/mol. The molecule has 0 aliphatic carbocycles. The number of hydrogen-bond donors (Lipinski definition) is 2. The number of benzene rings is 2. The number of amides is 2. The van der Waals surface area contributed by atoms with Gasteiger partial charge in [-0.1, -0.05) is 41.7 Å². The minimum absolute atomic E-state index is 0.149. The van der Waals surface area contributed by atoms with Gasteiger partial charge in [-0.05, 0) is 36.8 Å². The molecule has 3 rings (SSSR count). The van der Waals surface area contributed by atoms with Crippen molar-refractivity contribution >= 4 is 34.0 Å². The molecule has 2 N–H and O–H groups in total. The molecule has 0 atom stereocenters. The molecule has 1 heterocycles. The van der Waals surface area contributed by atoms with Crippen LogP contribution in [0.2, 0.25) is 0 Å². The van der Waals surface area contributed by atoms with E-state index in [-0.39, 0.29) is 11.8 Å². The normalized spacial score (nSPS) is 10.3. The third-order valence-corrected chi connectivity index (χ3v) is 4.64. The monoisotopic (exact) mass is 351 g/mol. The van der Waals surface area contributed by atoms with E-state index in [0.29, 0.717) is 16.4 Å². The van der Waals surface area contributed by atoms with E-state index in [1.807, 2.05) is 37.3 Å². The number of nitrogens with zero attached hydrogens (tertiary/aromatic N) is 1. The number of thiazole rings is 1. The number of anilines is 2. The Kier molecular flexibility index (Phi) is 4.90. The molecule has 0 fully saturated rings. The van der Waals surface area contributed by atoms with Crippen molar-refractivity contribution in [1.29, 1.82) is 0 Å². The van der Waals surface area contributed by atoms with Crippen molar-refractivity contribution in [3.63, 3.8) is 0 Å². The van der Waals surface area contributed by atoms with Crippen molar-refractivity contribution in [2.75, 3.05) is 10.6 Å². The Balaban J connectivity index is 1.74. The van der Waals surface area contributed by atoms with Gasteiger partial charge in [0.1, 0.15) is 0 Å². The predicted molar refractivity (Wildman–Crippen MR) is 101 cm³/mol. The quantitative estimate of drug-likeness (QED) is 0.735. The molecule has 0 aliphatic heterocycles. The summed E-state index contributed by atoms with van der Waals surface area (Å²) >= 11 is 1.45. The van der Waals surface area contributed by atoms with Crippen molar-refractivity contribution < 1.29 is 9.59 Å². The first-order chi connectivity index (χ1) is 12.0. The van der Waals surface area contributed by atoms with Gasteiger partial charge in [0.2, 0.25) is 5.91 Å². The molecule has 0 bridgehead atoms. The molecule has 0 aliphatic rings. The zero-order valence-corrected chi connectivity index (χ0v) is 14.7. The summed E-state index contributed by atoms with van der Waals surface area (Å²) in [4.78, 5) is 28.9. The van der Waals surface area contributed by atoms with Gasteiger partial charge in [0.05, 0.1) is 10.6 Å². The van der Waals surface area contributed by atoms with Gasteiger partial charge in [-0.3, -0.25) is 14.9 Å². The molecule has 0 spiro atoms. The summed E-state index contributed by atoms with van der Waals surface area (Å²) in [5, 5.41) is 6.06. The highest BCUT2D eigenvalue weighted by molar-refractivity contribution is 7.19. The van der Waals surface area contributed by atoms with E-state index < -0.39 is 0 Å². The second-order valence-electron chi connectivity index (χ2n) is 5.51. The Morgan fingerprint density at radius 2 is 1.64 bits per heavy atom. The van der Waals surface area contributed by atoms with Crippen molar-refractivity contribution in [2.45, 2.75) is 13.8 Å². The highest BCUT2D eigenvalue weighted by Gasteiger charge is 2.13. The van der Waals surface area contributed by atoms with Crippen LogP contribution in [-0.4, -0.2) is 16.8 Å². The minimum Gasteiger partial charge on any atom is -0.326 e. The molecule has 126 valence electrons. The Morgan fingerprint density at radius 1 is 0.960 bits per heavy atom. The van der Waals surface area contributed by atoms with Crippen LogP contribution in [0.15, 0.2) is 54.6 Å². The molecule has 2 amide bonds. The maximum atomic E-state index is 12.4. The third kappa shape index (κ3) is 4.10. The van der Waals surface area contributed by atoms with E-state index in [9.17, 15) is 9.59 Å². The summed E-state index contributed by atoms with van der Waals surface area (Å²) in [5.74, 6) is -0.383. The standard InChI is InChI=1S/C19H17N3O2S/c1-12-17(14-6-4-3-5-7-14)25-19(20-12)22-18(24)15-8-10-16(11-9-15)21-13(2)23/h3-11H,1-2H3,(H,21,23)(H,20,22,24). The maximum Gasteiger partial charge on any atom is 0.257 e. The lowest BCUT2D eigenvalue weighted by atomic mass is 10.2. The Hall–Kier alpha value is -2.99. The maximum absolute atomic E-state index is 12.4. The van der Waals surface area contributed by atoms with E-state index in [1.165, 1.54) is 18.3 Å². The van der Waals surface area contributed by atoms with Crippen LogP contribution in [0.1, 0.15) is 23.0 Å². The van der Waals surface area contributed by atoms with Crippen molar-refractivity contribution in [3.05, 3.63) is 65.9 Å². The first kappa shape index (κ1) is 16.9. The van der Waals surface area contributed by atoms with Crippen LogP contribution in [0.5, 0.6) is 0 Å². The molecule has 0 unspecified atom stereocenters. The van der Waals surface area contributed by atoms with Crippen LogP contribution in [0.4, 0.5) is 10.8 Å². The van der Waals surface area contributed by atoms with Crippen LogP contribution in [0.25, 0.3) is 10.4 Å². The van der Waals surface area contributed by atoms with Crippen molar-refractivity contribution in [1.82, 2.24) is 4.98 Å². The fourth-order valence-electron chi connectivity index (χ4n) is 2.38. The molecular weight excluding hydrogens is 334 g/mol. The number of carbonyl (C=O) groups is 2. The second kappa shape index (κ2) is 7.27. The Morgan fingerprint density at radius 3 is 2.28 bits per heavy atom. The largest absolute Gasteiger partial charge is 0.326 e. The third-order valence-electron chi connectivity index (χ3n) is 3.52. The first-order valence-corrected chi connectivity index (χ1v) is 8.56. The van der Waals surface area contributed by atoms with Crippen LogP contribution in [-0.2, 0) is 4.79 Å². The molecule has 1 aromatic heterocycles. The summed E-state index contributed by atoms with van der Waals surface area (Å²) in [6, 6.07) is 16.7. The van der Waals surface area contributed by atoms with E-state index in [0.717, 1.165) is 16.1 Å². The van der Waals surface area contributed by atoms with Crippen LogP contribution in [0.3, 0.4) is 0 Å². The molecule has 0 radical (unpaired) electrons. The smallest absolute Gasteiger partial charge is 0.257 e. The van der Waals surface area contributed by atoms with E-state index in [4.69, 9.17) is 0 Å². The van der Waals surface area contributed by atoms with Gasteiger partial charge in [0.15, 0.2) is 5.13 Å². The van der Waals surface area contributed by atoms with E-state index in [2.05, 4.69) is 15.6 Å². The molecular formula is C19H17N3O2S. The van der Waals surface area contributed by atoms with E-state index >= 15 is 0 Å². The average Bonchev–Trinajstić information content (AvgIpc) is 2.96. The number of rotatable bonds is 4. The Labute approximate surface area is 149 Å². The topological polar surface area (TPSA) is 71.1 Å². The van der Waals surface area contributed by atoms with Crippen LogP contribution in [0, 0.1) is 6.92 Å². The molecule has 0 saturated carbocycles. The molecule has 25 heavy (non-hydrogen) atoms. The summed E-state index contributed by atoms with van der Waals surface area (Å²) in [6.45, 7) is 3.37. The molecule has 3 aromatic rings. The van der Waals surface area contributed by atoms with E-state index in [1.54, 1.807) is 24.3 Å². The number of hydrogen-bond acceptors (Lipinski definition) is 4. The number of aromatic nitrogens is 1.